The summed E-state index contributed by atoms with van der Waals surface area (Å²) in [6.07, 6.45) is 2.32. The van der Waals surface area contributed by atoms with Crippen molar-refractivity contribution < 1.29 is 0 Å². The molecule has 0 aliphatic heterocycles. The van der Waals surface area contributed by atoms with Crippen LogP contribution in [0.5, 0.6) is 0 Å². The molecule has 0 N–H and O–H groups in total. The molecule has 0 aliphatic carbocycles. The summed E-state index contributed by atoms with van der Waals surface area (Å²) in [5.41, 5.74) is 0.275. The van der Waals surface area contributed by atoms with E-state index in [2.05, 4.69) is 27.7 Å². The van der Waals surface area contributed by atoms with Gasteiger partial charge in [0.25, 0.3) is 0 Å². The van der Waals surface area contributed by atoms with E-state index < -0.39 is 0 Å². The first-order chi connectivity index (χ1) is 3.98. The average Bonchev–Trinajstić information content (AvgIpc) is 1.64. The second-order valence-electron chi connectivity index (χ2n) is 3.62. The van der Waals surface area contributed by atoms with Gasteiger partial charge in [0, 0.05) is 5.38 Å². The topological polar surface area (TPSA) is 0 Å². The lowest BCUT2D eigenvalue weighted by Crippen LogP contribution is -2.19. The number of hydrogen-bond acceptors (Lipinski definition) is 0. The predicted octanol–water partition coefficient (Wildman–Crippen LogP) is 3.44. The Balaban J connectivity index is 3.59. The minimum absolute atomic E-state index is 0.275. The van der Waals surface area contributed by atoms with Gasteiger partial charge in [-0.3, -0.25) is 0 Å². The largest absolute Gasteiger partial charge is 0.122 e. The molecule has 0 rings (SSSR count). The van der Waals surface area contributed by atoms with Gasteiger partial charge >= 0.3 is 0 Å². The number of hydrogen-bond donors (Lipinski definition) is 0. The van der Waals surface area contributed by atoms with Crippen molar-refractivity contribution >= 4 is 11.6 Å². The van der Waals surface area contributed by atoms with E-state index in [1.54, 1.807) is 0 Å². The lowest BCUT2D eigenvalue weighted by molar-refractivity contribution is 0.372. The Kier molecular flexibility index (Phi) is 3.57. The maximum atomic E-state index is 6.06. The van der Waals surface area contributed by atoms with Crippen molar-refractivity contribution in [3.63, 3.8) is 0 Å². The van der Waals surface area contributed by atoms with E-state index in [1.807, 2.05) is 0 Å². The summed E-state index contributed by atoms with van der Waals surface area (Å²) in [4.78, 5) is 0. The van der Waals surface area contributed by atoms with E-state index in [-0.39, 0.29) is 5.41 Å². The fourth-order valence-corrected chi connectivity index (χ4v) is 0.905. The quantitative estimate of drug-likeness (QED) is 0.527. The molecule has 0 bridgehead atoms. The first kappa shape index (κ1) is 9.29. The molecular weight excluding hydrogens is 132 g/mol. The third-order valence-corrected chi connectivity index (χ3v) is 2.35. The van der Waals surface area contributed by atoms with Crippen molar-refractivity contribution in [2.75, 3.05) is 0 Å². The standard InChI is InChI=1S/C8H17Cl/c1-5-6-7(9)8(2,3)4/h7H,5-6H2,1-4H3. The van der Waals surface area contributed by atoms with Crippen molar-refractivity contribution in [2.24, 2.45) is 5.41 Å². The van der Waals surface area contributed by atoms with Crippen LogP contribution in [-0.4, -0.2) is 5.38 Å². The van der Waals surface area contributed by atoms with E-state index in [0.717, 1.165) is 6.42 Å². The van der Waals surface area contributed by atoms with Crippen molar-refractivity contribution in [1.82, 2.24) is 0 Å². The van der Waals surface area contributed by atoms with Crippen LogP contribution in [0.1, 0.15) is 40.5 Å². The molecule has 0 aromatic heterocycles. The maximum Gasteiger partial charge on any atom is 0.0384 e. The van der Waals surface area contributed by atoms with Gasteiger partial charge in [-0.25, -0.2) is 0 Å². The molecule has 0 fully saturated rings. The molecule has 0 amide bonds. The third kappa shape index (κ3) is 3.80. The summed E-state index contributed by atoms with van der Waals surface area (Å²) >= 11 is 6.06. The average molecular weight is 149 g/mol. The van der Waals surface area contributed by atoms with Crippen LogP contribution < -0.4 is 0 Å². The number of rotatable bonds is 2. The number of halogens is 1. The van der Waals surface area contributed by atoms with E-state index in [4.69, 9.17) is 11.6 Å². The Labute approximate surface area is 63.6 Å². The first-order valence-electron chi connectivity index (χ1n) is 3.62. The highest BCUT2D eigenvalue weighted by Gasteiger charge is 2.20. The second-order valence-corrected chi connectivity index (χ2v) is 4.15. The maximum absolute atomic E-state index is 6.06. The van der Waals surface area contributed by atoms with Crippen LogP contribution in [0.3, 0.4) is 0 Å². The minimum Gasteiger partial charge on any atom is -0.122 e. The van der Waals surface area contributed by atoms with Crippen LogP contribution in [0.15, 0.2) is 0 Å². The van der Waals surface area contributed by atoms with E-state index in [9.17, 15) is 0 Å². The molecule has 0 aliphatic rings. The fourth-order valence-electron chi connectivity index (χ4n) is 0.686. The predicted molar refractivity (Wildman–Crippen MR) is 44.0 cm³/mol. The molecule has 1 unspecified atom stereocenters. The van der Waals surface area contributed by atoms with Crippen LogP contribution in [-0.2, 0) is 0 Å². The van der Waals surface area contributed by atoms with Crippen LogP contribution in [0.2, 0.25) is 0 Å². The van der Waals surface area contributed by atoms with Crippen LogP contribution in [0.4, 0.5) is 0 Å². The SMILES string of the molecule is CCCC(Cl)C(C)(C)C. The van der Waals surface area contributed by atoms with Gasteiger partial charge in [-0.15, -0.1) is 11.6 Å². The van der Waals surface area contributed by atoms with Gasteiger partial charge in [-0.05, 0) is 11.8 Å². The van der Waals surface area contributed by atoms with Crippen molar-refractivity contribution in [3.8, 4) is 0 Å². The number of alkyl halides is 1. The summed E-state index contributed by atoms with van der Waals surface area (Å²) in [6.45, 7) is 8.71. The van der Waals surface area contributed by atoms with Crippen LogP contribution >= 0.6 is 11.6 Å². The highest BCUT2D eigenvalue weighted by atomic mass is 35.5. The van der Waals surface area contributed by atoms with Crippen molar-refractivity contribution in [3.05, 3.63) is 0 Å². The van der Waals surface area contributed by atoms with Crippen LogP contribution in [0.25, 0.3) is 0 Å². The molecule has 0 saturated carbocycles. The van der Waals surface area contributed by atoms with Gasteiger partial charge in [0.2, 0.25) is 0 Å². The summed E-state index contributed by atoms with van der Waals surface area (Å²) < 4.78 is 0. The highest BCUT2D eigenvalue weighted by molar-refractivity contribution is 6.21. The zero-order valence-electron chi connectivity index (χ0n) is 6.87. The Hall–Kier alpha value is 0.290. The van der Waals surface area contributed by atoms with E-state index in [1.165, 1.54) is 6.42 Å². The Morgan fingerprint density at radius 3 is 1.89 bits per heavy atom. The van der Waals surface area contributed by atoms with Gasteiger partial charge in [0.05, 0.1) is 0 Å². The molecular formula is C8H17Cl. The van der Waals surface area contributed by atoms with Crippen LogP contribution in [0, 0.1) is 5.41 Å². The van der Waals surface area contributed by atoms with Gasteiger partial charge < -0.3 is 0 Å². The van der Waals surface area contributed by atoms with E-state index >= 15 is 0 Å². The molecule has 0 radical (unpaired) electrons. The summed E-state index contributed by atoms with van der Waals surface area (Å²) in [5.74, 6) is 0. The highest BCUT2D eigenvalue weighted by Crippen LogP contribution is 2.27. The lowest BCUT2D eigenvalue weighted by atomic mass is 9.89. The molecule has 0 heterocycles. The minimum atomic E-state index is 0.275. The fraction of sp³-hybridized carbons (Fsp3) is 1.00. The molecule has 0 saturated heterocycles. The normalized spacial score (nSPS) is 15.7. The Morgan fingerprint density at radius 1 is 1.33 bits per heavy atom. The zero-order valence-corrected chi connectivity index (χ0v) is 7.63. The van der Waals surface area contributed by atoms with Crippen molar-refractivity contribution in [2.45, 2.75) is 45.9 Å². The monoisotopic (exact) mass is 148 g/mol. The molecule has 1 atom stereocenters. The molecule has 0 spiro atoms. The molecule has 9 heavy (non-hydrogen) atoms. The van der Waals surface area contributed by atoms with Crippen molar-refractivity contribution in [1.29, 1.82) is 0 Å². The molecule has 0 aromatic carbocycles. The smallest absolute Gasteiger partial charge is 0.0384 e. The Morgan fingerprint density at radius 2 is 1.78 bits per heavy atom. The van der Waals surface area contributed by atoms with Gasteiger partial charge in [-0.1, -0.05) is 34.1 Å². The summed E-state index contributed by atoms with van der Waals surface area (Å²) in [5, 5.41) is 0.336. The second kappa shape index (κ2) is 3.46. The van der Waals surface area contributed by atoms with Gasteiger partial charge in [0.1, 0.15) is 0 Å². The molecule has 0 aromatic rings. The summed E-state index contributed by atoms with van der Waals surface area (Å²) in [7, 11) is 0. The zero-order chi connectivity index (χ0) is 7.49. The molecule has 0 nitrogen and oxygen atoms in total. The summed E-state index contributed by atoms with van der Waals surface area (Å²) in [6, 6.07) is 0. The molecule has 56 valence electrons. The third-order valence-electron chi connectivity index (χ3n) is 1.48. The van der Waals surface area contributed by atoms with Gasteiger partial charge in [-0.2, -0.15) is 0 Å². The van der Waals surface area contributed by atoms with E-state index in [0.29, 0.717) is 5.38 Å². The van der Waals surface area contributed by atoms with Gasteiger partial charge in [0.15, 0.2) is 0 Å². The first-order valence-corrected chi connectivity index (χ1v) is 4.06. The lowest BCUT2D eigenvalue weighted by Gasteiger charge is -2.24. The molecule has 1 heteroatoms. The Bertz CT molecular complexity index is 71.1.